The van der Waals surface area contributed by atoms with E-state index in [0.29, 0.717) is 34.6 Å². The van der Waals surface area contributed by atoms with Crippen LogP contribution in [0.5, 0.6) is 0 Å². The molecule has 0 fully saturated rings. The number of aryl methyl sites for hydroxylation is 2. The van der Waals surface area contributed by atoms with Gasteiger partial charge in [0.25, 0.3) is 0 Å². The molecule has 29 heavy (non-hydrogen) atoms. The maximum Gasteiger partial charge on any atom is 0.170 e. The molecule has 0 bridgehead atoms. The van der Waals surface area contributed by atoms with Crippen molar-refractivity contribution in [1.82, 2.24) is 10.3 Å². The fourth-order valence-electron chi connectivity index (χ4n) is 3.06. The van der Waals surface area contributed by atoms with Crippen molar-refractivity contribution in [3.63, 3.8) is 0 Å². The molecule has 3 N–H and O–H groups in total. The molecule has 0 saturated carbocycles. The van der Waals surface area contributed by atoms with Gasteiger partial charge in [0, 0.05) is 29.2 Å². The molecule has 3 rings (SSSR count). The molecule has 0 aliphatic heterocycles. The molecule has 0 saturated heterocycles. The van der Waals surface area contributed by atoms with Crippen LogP contribution in [0.25, 0.3) is 10.9 Å². The van der Waals surface area contributed by atoms with Crippen molar-refractivity contribution in [2.24, 2.45) is 0 Å². The lowest BCUT2D eigenvalue weighted by Crippen LogP contribution is -2.30. The molecule has 0 radical (unpaired) electrons. The number of rotatable bonds is 6. The first kappa shape index (κ1) is 20.8. The highest BCUT2D eigenvalue weighted by molar-refractivity contribution is 7.80. The van der Waals surface area contributed by atoms with Gasteiger partial charge in [0.05, 0.1) is 11.1 Å². The van der Waals surface area contributed by atoms with Gasteiger partial charge in [0.15, 0.2) is 5.11 Å². The van der Waals surface area contributed by atoms with Crippen LogP contribution in [0.4, 0.5) is 11.5 Å². The third kappa shape index (κ3) is 5.57. The van der Waals surface area contributed by atoms with E-state index in [2.05, 4.69) is 33.1 Å². The Hall–Kier alpha value is -2.88. The Morgan fingerprint density at radius 3 is 2.62 bits per heavy atom. The molecule has 1 heterocycles. The quantitative estimate of drug-likeness (QED) is 0.375. The molecule has 7 heteroatoms. The largest absolute Gasteiger partial charge is 0.369 e. The number of pyridine rings is 1. The third-order valence-corrected chi connectivity index (χ3v) is 4.94. The SMILES string of the molecule is Cc1cc(C)c2cc(C#N)c(NCCCNC(=S)Nc3ccc(Cl)cc3)nc2c1. The summed E-state index contributed by atoms with van der Waals surface area (Å²) in [5.74, 6) is 0.617. The summed E-state index contributed by atoms with van der Waals surface area (Å²) in [5.41, 5.74) is 4.62. The maximum atomic E-state index is 9.48. The molecular formula is C22H22ClN5S. The summed E-state index contributed by atoms with van der Waals surface area (Å²) in [7, 11) is 0. The predicted octanol–water partition coefficient (Wildman–Crippen LogP) is 5.17. The molecule has 1 aromatic heterocycles. The number of halogens is 1. The summed E-state index contributed by atoms with van der Waals surface area (Å²) in [6, 6.07) is 15.6. The molecule has 0 aliphatic rings. The average molecular weight is 424 g/mol. The lowest BCUT2D eigenvalue weighted by atomic mass is 10.0. The number of thiocarbonyl (C=S) groups is 1. The van der Waals surface area contributed by atoms with Gasteiger partial charge in [0.2, 0.25) is 0 Å². The van der Waals surface area contributed by atoms with Gasteiger partial charge in [-0.15, -0.1) is 0 Å². The molecule has 148 valence electrons. The van der Waals surface area contributed by atoms with Gasteiger partial charge in [-0.3, -0.25) is 0 Å². The Balaban J connectivity index is 1.52. The normalized spacial score (nSPS) is 10.4. The minimum Gasteiger partial charge on any atom is -0.369 e. The lowest BCUT2D eigenvalue weighted by Gasteiger charge is -2.12. The Morgan fingerprint density at radius 2 is 1.90 bits per heavy atom. The van der Waals surface area contributed by atoms with Crippen molar-refractivity contribution < 1.29 is 0 Å². The standard InChI is InChI=1S/C22H22ClN5S/c1-14-10-15(2)19-12-16(13-24)21(28-20(19)11-14)25-8-3-9-26-22(29)27-18-6-4-17(23)5-7-18/h4-7,10-12H,3,8-9H2,1-2H3,(H,25,28)(H2,26,27,29). The topological polar surface area (TPSA) is 72.8 Å². The minimum atomic E-state index is 0.553. The first-order chi connectivity index (χ1) is 14.0. The molecule has 0 atom stereocenters. The smallest absolute Gasteiger partial charge is 0.170 e. The minimum absolute atomic E-state index is 0.553. The number of nitrogens with zero attached hydrogens (tertiary/aromatic N) is 2. The van der Waals surface area contributed by atoms with Crippen molar-refractivity contribution in [1.29, 1.82) is 5.26 Å². The van der Waals surface area contributed by atoms with Gasteiger partial charge in [-0.2, -0.15) is 5.26 Å². The van der Waals surface area contributed by atoms with Crippen molar-refractivity contribution in [2.45, 2.75) is 20.3 Å². The van der Waals surface area contributed by atoms with Crippen molar-refractivity contribution >= 4 is 51.3 Å². The van der Waals surface area contributed by atoms with E-state index in [1.54, 1.807) is 0 Å². The van der Waals surface area contributed by atoms with E-state index >= 15 is 0 Å². The number of anilines is 2. The molecule has 2 aromatic carbocycles. The monoisotopic (exact) mass is 423 g/mol. The van der Waals surface area contributed by atoms with Crippen molar-refractivity contribution in [3.8, 4) is 6.07 Å². The number of nitriles is 1. The van der Waals surface area contributed by atoms with E-state index in [9.17, 15) is 5.26 Å². The van der Waals surface area contributed by atoms with E-state index in [-0.39, 0.29) is 0 Å². The third-order valence-electron chi connectivity index (χ3n) is 4.44. The number of hydrogen-bond donors (Lipinski definition) is 3. The molecule has 0 aliphatic carbocycles. The van der Waals surface area contributed by atoms with Crippen LogP contribution < -0.4 is 16.0 Å². The Kier molecular flexibility index (Phi) is 6.86. The van der Waals surface area contributed by atoms with Crippen LogP contribution in [0.3, 0.4) is 0 Å². The molecule has 5 nitrogen and oxygen atoms in total. The van der Waals surface area contributed by atoms with Crippen molar-refractivity contribution in [3.05, 3.63) is 64.2 Å². The van der Waals surface area contributed by atoms with Crippen LogP contribution in [0.1, 0.15) is 23.1 Å². The van der Waals surface area contributed by atoms with Gasteiger partial charge in [-0.25, -0.2) is 4.98 Å². The molecular weight excluding hydrogens is 402 g/mol. The van der Waals surface area contributed by atoms with Crippen LogP contribution in [0.2, 0.25) is 5.02 Å². The number of hydrogen-bond acceptors (Lipinski definition) is 4. The highest BCUT2D eigenvalue weighted by Gasteiger charge is 2.08. The number of fused-ring (bicyclic) bond motifs is 1. The Morgan fingerprint density at radius 1 is 1.14 bits per heavy atom. The van der Waals surface area contributed by atoms with Gasteiger partial charge < -0.3 is 16.0 Å². The zero-order valence-electron chi connectivity index (χ0n) is 16.3. The average Bonchev–Trinajstić information content (AvgIpc) is 2.69. The second kappa shape index (κ2) is 9.55. The van der Waals surface area contributed by atoms with Crippen LogP contribution in [-0.4, -0.2) is 23.2 Å². The fourth-order valence-corrected chi connectivity index (χ4v) is 3.40. The van der Waals surface area contributed by atoms with Gasteiger partial charge in [-0.05, 0) is 80.0 Å². The highest BCUT2D eigenvalue weighted by atomic mass is 35.5. The number of nitrogens with one attached hydrogen (secondary N) is 3. The van der Waals surface area contributed by atoms with Crippen molar-refractivity contribution in [2.75, 3.05) is 23.7 Å². The van der Waals surface area contributed by atoms with E-state index in [4.69, 9.17) is 23.8 Å². The second-order valence-corrected chi connectivity index (χ2v) is 7.66. The van der Waals surface area contributed by atoms with E-state index in [0.717, 1.165) is 34.1 Å². The Bertz CT molecular complexity index is 1070. The zero-order chi connectivity index (χ0) is 20.8. The van der Waals surface area contributed by atoms with Crippen LogP contribution >= 0.6 is 23.8 Å². The maximum absolute atomic E-state index is 9.48. The lowest BCUT2D eigenvalue weighted by molar-refractivity contribution is 0.807. The van der Waals surface area contributed by atoms with Gasteiger partial charge >= 0.3 is 0 Å². The summed E-state index contributed by atoms with van der Waals surface area (Å²) in [6.07, 6.45) is 0.819. The molecule has 3 aromatic rings. The molecule has 0 unspecified atom stereocenters. The highest BCUT2D eigenvalue weighted by Crippen LogP contribution is 2.24. The second-order valence-electron chi connectivity index (χ2n) is 6.81. The first-order valence-corrected chi connectivity index (χ1v) is 10.1. The molecule has 0 spiro atoms. The summed E-state index contributed by atoms with van der Waals surface area (Å²) in [4.78, 5) is 4.66. The fraction of sp³-hybridized carbons (Fsp3) is 0.227. The summed E-state index contributed by atoms with van der Waals surface area (Å²) < 4.78 is 0. The number of benzene rings is 2. The number of aromatic nitrogens is 1. The summed E-state index contributed by atoms with van der Waals surface area (Å²) in [5, 5.41) is 21.3. The van der Waals surface area contributed by atoms with Crippen LogP contribution in [-0.2, 0) is 0 Å². The summed E-state index contributed by atoms with van der Waals surface area (Å²) >= 11 is 11.2. The van der Waals surface area contributed by atoms with E-state index in [1.165, 1.54) is 0 Å². The van der Waals surface area contributed by atoms with E-state index < -0.39 is 0 Å². The molecule has 0 amide bonds. The van der Waals surface area contributed by atoms with Gasteiger partial charge in [-0.1, -0.05) is 17.7 Å². The first-order valence-electron chi connectivity index (χ1n) is 9.32. The summed E-state index contributed by atoms with van der Waals surface area (Å²) in [6.45, 7) is 5.46. The zero-order valence-corrected chi connectivity index (χ0v) is 17.9. The Labute approximate surface area is 181 Å². The van der Waals surface area contributed by atoms with Gasteiger partial charge in [0.1, 0.15) is 11.9 Å². The van der Waals surface area contributed by atoms with Crippen LogP contribution in [0.15, 0.2) is 42.5 Å². The predicted molar refractivity (Wildman–Crippen MR) is 125 cm³/mol. The van der Waals surface area contributed by atoms with Crippen LogP contribution in [0, 0.1) is 25.2 Å². The van der Waals surface area contributed by atoms with E-state index in [1.807, 2.05) is 50.2 Å².